The van der Waals surface area contributed by atoms with E-state index in [1.165, 1.54) is 44.9 Å². The van der Waals surface area contributed by atoms with Crippen LogP contribution in [0, 0.1) is 0 Å². The molecule has 0 N–H and O–H groups in total. The van der Waals surface area contributed by atoms with Crippen LogP contribution in [0.2, 0.25) is 19.6 Å². The molecule has 0 spiro atoms. The van der Waals surface area contributed by atoms with Crippen molar-refractivity contribution in [2.24, 2.45) is 0 Å². The number of allylic oxidation sites excluding steroid dienone is 4. The monoisotopic (exact) mass is 236 g/mol. The van der Waals surface area contributed by atoms with E-state index >= 15 is 0 Å². The zero-order valence-electron chi connectivity index (χ0n) is 11.6. The lowest BCUT2D eigenvalue weighted by Gasteiger charge is -2.09. The van der Waals surface area contributed by atoms with Crippen LogP contribution >= 0.6 is 0 Å². The van der Waals surface area contributed by atoms with Gasteiger partial charge in [0.15, 0.2) is 0 Å². The number of unbranched alkanes of at least 4 members (excludes halogenated alkanes) is 3. The van der Waals surface area contributed by atoms with Crippen LogP contribution in [0.1, 0.15) is 51.9 Å². The predicted octanol–water partition coefficient (Wildman–Crippen LogP) is 5.48. The molecule has 0 fully saturated rings. The minimum Gasteiger partial charge on any atom is -0.0885 e. The van der Waals surface area contributed by atoms with Crippen LogP contribution in [0.5, 0.6) is 0 Å². The molecular formula is C15H28Si. The summed E-state index contributed by atoms with van der Waals surface area (Å²) in [7, 11) is -0.917. The van der Waals surface area contributed by atoms with Gasteiger partial charge in [-0.2, -0.15) is 0 Å². The van der Waals surface area contributed by atoms with Gasteiger partial charge in [-0.3, -0.25) is 0 Å². The Morgan fingerprint density at radius 2 is 1.75 bits per heavy atom. The van der Waals surface area contributed by atoms with Gasteiger partial charge in [0.05, 0.1) is 8.07 Å². The molecule has 1 heteroatoms. The second-order valence-electron chi connectivity index (χ2n) is 6.01. The zero-order chi connectivity index (χ0) is 12.0. The highest BCUT2D eigenvalue weighted by molar-refractivity contribution is 6.84. The van der Waals surface area contributed by atoms with Gasteiger partial charge >= 0.3 is 0 Å². The summed E-state index contributed by atoms with van der Waals surface area (Å²) in [6.45, 7) is 9.67. The SMILES string of the molecule is CCCCC/C=C\CCC1=C([Si](C)(C)C)C1. The highest BCUT2D eigenvalue weighted by atomic mass is 28.3. The second kappa shape index (κ2) is 6.44. The van der Waals surface area contributed by atoms with Crippen molar-refractivity contribution in [1.82, 2.24) is 0 Å². The standard InChI is InChI=1S/C15H28Si/c1-5-6-7-8-9-10-11-12-14-13-15(14)16(2,3)4/h9-10H,5-8,11-13H2,1-4H3/b10-9-. The molecule has 1 aliphatic rings. The molecular weight excluding hydrogens is 208 g/mol. The summed E-state index contributed by atoms with van der Waals surface area (Å²) >= 11 is 0. The van der Waals surface area contributed by atoms with E-state index in [4.69, 9.17) is 0 Å². The van der Waals surface area contributed by atoms with E-state index in [1.807, 2.05) is 5.20 Å². The third kappa shape index (κ3) is 5.15. The first-order chi connectivity index (χ1) is 7.55. The lowest BCUT2D eigenvalue weighted by atomic mass is 10.2. The van der Waals surface area contributed by atoms with Gasteiger partial charge in [-0.15, -0.1) is 0 Å². The second-order valence-corrected chi connectivity index (χ2v) is 11.1. The average molecular weight is 236 g/mol. The Bertz CT molecular complexity index is 266. The number of hydrogen-bond acceptors (Lipinski definition) is 0. The smallest absolute Gasteiger partial charge is 0.0728 e. The highest BCUT2D eigenvalue weighted by Gasteiger charge is 2.31. The van der Waals surface area contributed by atoms with Gasteiger partial charge in [-0.1, -0.05) is 62.3 Å². The van der Waals surface area contributed by atoms with Crippen molar-refractivity contribution in [1.29, 1.82) is 0 Å². The summed E-state index contributed by atoms with van der Waals surface area (Å²) in [6.07, 6.45) is 14.1. The van der Waals surface area contributed by atoms with Gasteiger partial charge in [0, 0.05) is 0 Å². The molecule has 1 aliphatic carbocycles. The Labute approximate surface area is 103 Å². The molecule has 0 atom stereocenters. The van der Waals surface area contributed by atoms with Gasteiger partial charge in [-0.05, 0) is 32.1 Å². The third-order valence-corrected chi connectivity index (χ3v) is 5.69. The van der Waals surface area contributed by atoms with Gasteiger partial charge < -0.3 is 0 Å². The Balaban J connectivity index is 2.07. The lowest BCUT2D eigenvalue weighted by molar-refractivity contribution is 0.728. The van der Waals surface area contributed by atoms with Crippen LogP contribution in [0.25, 0.3) is 0 Å². The summed E-state index contributed by atoms with van der Waals surface area (Å²) in [4.78, 5) is 0. The molecule has 0 saturated carbocycles. The molecule has 0 radical (unpaired) electrons. The molecule has 0 saturated heterocycles. The maximum absolute atomic E-state index is 2.47. The van der Waals surface area contributed by atoms with Crippen molar-refractivity contribution in [3.05, 3.63) is 22.9 Å². The Morgan fingerprint density at radius 3 is 2.31 bits per heavy atom. The first kappa shape index (κ1) is 13.8. The minimum atomic E-state index is -0.917. The molecule has 0 amide bonds. The molecule has 0 aromatic heterocycles. The average Bonchev–Trinajstić information content (AvgIpc) is 2.95. The summed E-state index contributed by atoms with van der Waals surface area (Å²) in [5, 5.41) is 1.85. The highest BCUT2D eigenvalue weighted by Crippen LogP contribution is 2.41. The number of hydrogen-bond donors (Lipinski definition) is 0. The molecule has 0 heterocycles. The van der Waals surface area contributed by atoms with E-state index in [2.05, 4.69) is 38.7 Å². The summed E-state index contributed by atoms with van der Waals surface area (Å²) in [5.74, 6) is 0. The van der Waals surface area contributed by atoms with Crippen LogP contribution < -0.4 is 0 Å². The Hall–Kier alpha value is -0.303. The predicted molar refractivity (Wildman–Crippen MR) is 77.5 cm³/mol. The van der Waals surface area contributed by atoms with E-state index in [-0.39, 0.29) is 0 Å². The van der Waals surface area contributed by atoms with Crippen molar-refractivity contribution in [2.75, 3.05) is 0 Å². The lowest BCUT2D eigenvalue weighted by Crippen LogP contribution is -2.18. The van der Waals surface area contributed by atoms with Crippen LogP contribution in [0.15, 0.2) is 22.9 Å². The Morgan fingerprint density at radius 1 is 1.06 bits per heavy atom. The molecule has 1 rings (SSSR count). The van der Waals surface area contributed by atoms with Crippen LogP contribution in [-0.4, -0.2) is 8.07 Å². The van der Waals surface area contributed by atoms with Gasteiger partial charge in [0.2, 0.25) is 0 Å². The fourth-order valence-electron chi connectivity index (χ4n) is 2.21. The molecule has 0 aromatic carbocycles. The summed E-state index contributed by atoms with van der Waals surface area (Å²) in [5.41, 5.74) is 1.79. The molecule has 92 valence electrons. The van der Waals surface area contributed by atoms with E-state index < -0.39 is 8.07 Å². The van der Waals surface area contributed by atoms with Crippen LogP contribution in [0.3, 0.4) is 0 Å². The normalized spacial score (nSPS) is 16.2. The zero-order valence-corrected chi connectivity index (χ0v) is 12.6. The van der Waals surface area contributed by atoms with Crippen molar-refractivity contribution in [3.8, 4) is 0 Å². The van der Waals surface area contributed by atoms with Crippen molar-refractivity contribution >= 4 is 8.07 Å². The maximum Gasteiger partial charge on any atom is 0.0728 e. The third-order valence-electron chi connectivity index (χ3n) is 3.35. The Kier molecular flexibility index (Phi) is 5.54. The van der Waals surface area contributed by atoms with E-state index in [1.54, 1.807) is 5.57 Å². The van der Waals surface area contributed by atoms with Crippen molar-refractivity contribution in [2.45, 2.75) is 71.5 Å². The van der Waals surface area contributed by atoms with Crippen LogP contribution in [0.4, 0.5) is 0 Å². The summed E-state index contributed by atoms with van der Waals surface area (Å²) < 4.78 is 0. The van der Waals surface area contributed by atoms with E-state index in [0.717, 1.165) is 0 Å². The first-order valence-corrected chi connectivity index (χ1v) is 10.4. The molecule has 0 aliphatic heterocycles. The van der Waals surface area contributed by atoms with E-state index in [0.29, 0.717) is 0 Å². The van der Waals surface area contributed by atoms with Gasteiger partial charge in [-0.25, -0.2) is 0 Å². The van der Waals surface area contributed by atoms with Gasteiger partial charge in [0.25, 0.3) is 0 Å². The summed E-state index contributed by atoms with van der Waals surface area (Å²) in [6, 6.07) is 0. The first-order valence-electron chi connectivity index (χ1n) is 6.92. The van der Waals surface area contributed by atoms with Gasteiger partial charge in [0.1, 0.15) is 0 Å². The molecule has 0 nitrogen and oxygen atoms in total. The topological polar surface area (TPSA) is 0 Å². The maximum atomic E-state index is 2.47. The van der Waals surface area contributed by atoms with Crippen LogP contribution in [-0.2, 0) is 0 Å². The number of rotatable bonds is 8. The molecule has 0 unspecified atom stereocenters. The largest absolute Gasteiger partial charge is 0.0885 e. The minimum absolute atomic E-state index is 0.917. The molecule has 0 aromatic rings. The van der Waals surface area contributed by atoms with Crippen molar-refractivity contribution in [3.63, 3.8) is 0 Å². The quantitative estimate of drug-likeness (QED) is 0.297. The van der Waals surface area contributed by atoms with Crippen molar-refractivity contribution < 1.29 is 0 Å². The molecule has 16 heavy (non-hydrogen) atoms. The fourth-order valence-corrected chi connectivity index (χ4v) is 4.14. The molecule has 0 bridgehead atoms. The van der Waals surface area contributed by atoms with E-state index in [9.17, 15) is 0 Å². The fraction of sp³-hybridized carbons (Fsp3) is 0.733.